The van der Waals surface area contributed by atoms with Crippen molar-refractivity contribution < 1.29 is 22.8 Å². The summed E-state index contributed by atoms with van der Waals surface area (Å²) < 4.78 is 38.5. The average Bonchev–Trinajstić information content (AvgIpc) is 3.16. The molecule has 0 spiro atoms. The first-order valence-corrected chi connectivity index (χ1v) is 10.8. The first kappa shape index (κ1) is 22.8. The van der Waals surface area contributed by atoms with Crippen LogP contribution in [0.3, 0.4) is 0 Å². The number of piperidine rings is 1. The van der Waals surface area contributed by atoms with Gasteiger partial charge in [-0.05, 0) is 30.5 Å². The van der Waals surface area contributed by atoms with Crippen LogP contribution in [-0.2, 0) is 16.1 Å². The number of amides is 2. The van der Waals surface area contributed by atoms with Crippen molar-refractivity contribution in [2.24, 2.45) is 17.6 Å². The van der Waals surface area contributed by atoms with E-state index in [1.807, 2.05) is 24.3 Å². The van der Waals surface area contributed by atoms with Gasteiger partial charge in [-0.3, -0.25) is 9.59 Å². The van der Waals surface area contributed by atoms with Crippen molar-refractivity contribution in [2.75, 3.05) is 29.9 Å². The van der Waals surface area contributed by atoms with Gasteiger partial charge in [-0.15, -0.1) is 0 Å². The molecule has 0 saturated carbocycles. The maximum atomic E-state index is 12.8. The number of anilines is 3. The van der Waals surface area contributed by atoms with E-state index >= 15 is 0 Å². The predicted octanol–water partition coefficient (Wildman–Crippen LogP) is 2.83. The van der Waals surface area contributed by atoms with E-state index in [0.29, 0.717) is 24.7 Å². The van der Waals surface area contributed by atoms with Gasteiger partial charge < -0.3 is 20.9 Å². The van der Waals surface area contributed by atoms with Crippen LogP contribution in [0.2, 0.25) is 0 Å². The molecule has 1 unspecified atom stereocenters. The van der Waals surface area contributed by atoms with Crippen LogP contribution in [0.15, 0.2) is 36.7 Å². The lowest BCUT2D eigenvalue weighted by Gasteiger charge is -2.32. The average molecular weight is 462 g/mol. The third kappa shape index (κ3) is 5.52. The van der Waals surface area contributed by atoms with Gasteiger partial charge in [-0.1, -0.05) is 12.1 Å². The molecule has 2 aromatic rings. The summed E-state index contributed by atoms with van der Waals surface area (Å²) >= 11 is 0. The second kappa shape index (κ2) is 9.24. The quantitative estimate of drug-likeness (QED) is 0.684. The Hall–Kier alpha value is -3.37. The number of primary amides is 1. The Morgan fingerprint density at radius 3 is 2.27 bits per heavy atom. The Morgan fingerprint density at radius 2 is 1.73 bits per heavy atom. The monoisotopic (exact) mass is 462 g/mol. The Labute approximate surface area is 189 Å². The Kier molecular flexibility index (Phi) is 6.39. The zero-order valence-electron chi connectivity index (χ0n) is 17.9. The van der Waals surface area contributed by atoms with E-state index in [9.17, 15) is 22.8 Å². The largest absolute Gasteiger partial charge is 0.391 e. The minimum absolute atomic E-state index is 0.0470. The molecule has 0 aliphatic carbocycles. The molecule has 8 nitrogen and oxygen atoms in total. The number of carbonyl (C=O) groups excluding carboxylic acids is 2. The zero-order valence-corrected chi connectivity index (χ0v) is 17.9. The number of hydrogen-bond acceptors (Lipinski definition) is 6. The number of rotatable bonds is 6. The van der Waals surface area contributed by atoms with Gasteiger partial charge in [0.05, 0.1) is 29.9 Å². The molecule has 3 N–H and O–H groups in total. The number of likely N-dealkylation sites (tertiary alicyclic amines) is 1. The number of nitrogens with one attached hydrogen (secondary N) is 1. The fourth-order valence-electron chi connectivity index (χ4n) is 4.15. The topological polar surface area (TPSA) is 104 Å². The predicted molar refractivity (Wildman–Crippen MR) is 115 cm³/mol. The van der Waals surface area contributed by atoms with Crippen LogP contribution in [0.25, 0.3) is 0 Å². The molecule has 33 heavy (non-hydrogen) atoms. The first-order valence-electron chi connectivity index (χ1n) is 10.8. The maximum absolute atomic E-state index is 12.8. The van der Waals surface area contributed by atoms with Crippen LogP contribution < -0.4 is 16.0 Å². The van der Waals surface area contributed by atoms with E-state index in [1.165, 1.54) is 0 Å². The standard InChI is InChI=1S/C22H25F3N6O2/c23-22(24,25)16-5-7-30(8-6-16)21-27-10-18(11-28-21)29-17-3-1-14(2-4-17)12-31-13-15(20(26)33)9-19(31)32/h1-4,10-11,15-16,29H,5-9,12-13H2,(H2,26,33). The van der Waals surface area contributed by atoms with Crippen molar-refractivity contribution in [1.82, 2.24) is 14.9 Å². The van der Waals surface area contributed by atoms with E-state index in [4.69, 9.17) is 5.73 Å². The highest BCUT2D eigenvalue weighted by molar-refractivity contribution is 5.88. The van der Waals surface area contributed by atoms with Crippen LogP contribution in [0.4, 0.5) is 30.5 Å². The Morgan fingerprint density at radius 1 is 1.09 bits per heavy atom. The van der Waals surface area contributed by atoms with E-state index < -0.39 is 23.9 Å². The minimum atomic E-state index is -4.15. The number of halogens is 3. The highest BCUT2D eigenvalue weighted by Crippen LogP contribution is 2.34. The third-order valence-electron chi connectivity index (χ3n) is 6.11. The molecule has 4 rings (SSSR count). The molecule has 1 aromatic carbocycles. The van der Waals surface area contributed by atoms with Crippen LogP contribution in [0.5, 0.6) is 0 Å². The van der Waals surface area contributed by atoms with E-state index in [2.05, 4.69) is 15.3 Å². The Balaban J connectivity index is 1.30. The molecule has 0 bridgehead atoms. The highest BCUT2D eigenvalue weighted by atomic mass is 19.4. The molecule has 2 aliphatic rings. The second-order valence-corrected chi connectivity index (χ2v) is 8.47. The van der Waals surface area contributed by atoms with Crippen molar-refractivity contribution >= 4 is 29.1 Å². The minimum Gasteiger partial charge on any atom is -0.369 e. The number of benzene rings is 1. The number of aromatic nitrogens is 2. The zero-order chi connectivity index (χ0) is 23.6. The lowest BCUT2D eigenvalue weighted by atomic mass is 9.96. The van der Waals surface area contributed by atoms with Crippen molar-refractivity contribution in [2.45, 2.75) is 32.0 Å². The van der Waals surface area contributed by atoms with Crippen LogP contribution in [0.1, 0.15) is 24.8 Å². The number of alkyl halides is 3. The molecule has 11 heteroatoms. The van der Waals surface area contributed by atoms with Gasteiger partial charge in [0.2, 0.25) is 17.8 Å². The molecule has 176 valence electrons. The SMILES string of the molecule is NC(=O)C1CC(=O)N(Cc2ccc(Nc3cnc(N4CCC(C(F)(F)F)CC4)nc3)cc2)C1. The molecule has 2 saturated heterocycles. The molecule has 2 amide bonds. The van der Waals surface area contributed by atoms with Gasteiger partial charge in [0, 0.05) is 38.3 Å². The summed E-state index contributed by atoms with van der Waals surface area (Å²) in [7, 11) is 0. The number of hydrogen-bond donors (Lipinski definition) is 2. The van der Waals surface area contributed by atoms with Gasteiger partial charge >= 0.3 is 6.18 Å². The Bertz CT molecular complexity index is 989. The summed E-state index contributed by atoms with van der Waals surface area (Å²) in [6.07, 6.45) is -0.702. The molecular weight excluding hydrogens is 437 g/mol. The van der Waals surface area contributed by atoms with Crippen LogP contribution in [-0.4, -0.2) is 52.5 Å². The lowest BCUT2D eigenvalue weighted by molar-refractivity contribution is -0.179. The van der Waals surface area contributed by atoms with Gasteiger partial charge in [0.15, 0.2) is 0 Å². The van der Waals surface area contributed by atoms with Crippen LogP contribution in [0, 0.1) is 11.8 Å². The molecule has 2 aliphatic heterocycles. The molecule has 0 radical (unpaired) electrons. The summed E-state index contributed by atoms with van der Waals surface area (Å²) in [4.78, 5) is 35.3. The van der Waals surface area contributed by atoms with E-state index in [0.717, 1.165) is 11.3 Å². The molecular formula is C22H25F3N6O2. The van der Waals surface area contributed by atoms with Gasteiger partial charge in [0.25, 0.3) is 0 Å². The highest BCUT2D eigenvalue weighted by Gasteiger charge is 2.41. The molecule has 2 fully saturated rings. The van der Waals surface area contributed by atoms with Crippen molar-refractivity contribution in [3.05, 3.63) is 42.2 Å². The lowest BCUT2D eigenvalue weighted by Crippen LogP contribution is -2.39. The van der Waals surface area contributed by atoms with E-state index in [-0.39, 0.29) is 38.3 Å². The van der Waals surface area contributed by atoms with Crippen molar-refractivity contribution in [1.29, 1.82) is 0 Å². The maximum Gasteiger partial charge on any atom is 0.391 e. The normalized spacial score (nSPS) is 19.7. The number of nitrogens with two attached hydrogens (primary N) is 1. The van der Waals surface area contributed by atoms with Gasteiger partial charge in [0.1, 0.15) is 0 Å². The first-order chi connectivity index (χ1) is 15.7. The fraction of sp³-hybridized carbons (Fsp3) is 0.455. The van der Waals surface area contributed by atoms with Crippen molar-refractivity contribution in [3.63, 3.8) is 0 Å². The summed E-state index contributed by atoms with van der Waals surface area (Å²) in [5, 5.41) is 3.18. The summed E-state index contributed by atoms with van der Waals surface area (Å²) in [6, 6.07) is 7.48. The van der Waals surface area contributed by atoms with Gasteiger partial charge in [-0.25, -0.2) is 9.97 Å². The molecule has 3 heterocycles. The smallest absolute Gasteiger partial charge is 0.369 e. The van der Waals surface area contributed by atoms with Gasteiger partial charge in [-0.2, -0.15) is 13.2 Å². The summed E-state index contributed by atoms with van der Waals surface area (Å²) in [5.41, 5.74) is 7.67. The number of carbonyl (C=O) groups is 2. The van der Waals surface area contributed by atoms with Crippen LogP contribution >= 0.6 is 0 Å². The summed E-state index contributed by atoms with van der Waals surface area (Å²) in [5.74, 6) is -1.81. The number of nitrogens with zero attached hydrogens (tertiary/aromatic N) is 4. The molecule has 1 aromatic heterocycles. The fourth-order valence-corrected chi connectivity index (χ4v) is 4.15. The third-order valence-corrected chi connectivity index (χ3v) is 6.11. The second-order valence-electron chi connectivity index (χ2n) is 8.47. The molecule has 1 atom stereocenters. The summed E-state index contributed by atoms with van der Waals surface area (Å²) in [6.45, 7) is 1.30. The van der Waals surface area contributed by atoms with Crippen molar-refractivity contribution in [3.8, 4) is 0 Å². The van der Waals surface area contributed by atoms with E-state index in [1.54, 1.807) is 22.2 Å².